The second kappa shape index (κ2) is 3.52. The molecule has 14 heavy (non-hydrogen) atoms. The van der Waals surface area contributed by atoms with E-state index in [1.54, 1.807) is 0 Å². The van der Waals surface area contributed by atoms with E-state index in [1.165, 1.54) is 18.4 Å². The van der Waals surface area contributed by atoms with Crippen molar-refractivity contribution in [1.29, 1.82) is 0 Å². The first-order valence-electron chi connectivity index (χ1n) is 3.86. The van der Waals surface area contributed by atoms with Crippen molar-refractivity contribution >= 4 is 11.3 Å². The van der Waals surface area contributed by atoms with Crippen molar-refractivity contribution in [2.24, 2.45) is 5.73 Å². The van der Waals surface area contributed by atoms with E-state index in [0.29, 0.717) is 5.56 Å². The summed E-state index contributed by atoms with van der Waals surface area (Å²) in [5, 5.41) is 11.0. The molecule has 0 aliphatic carbocycles. The second-order valence-electron chi connectivity index (χ2n) is 2.99. The number of nitrogens with two attached hydrogens (primary N) is 1. The molecule has 80 valence electrons. The summed E-state index contributed by atoms with van der Waals surface area (Å²) in [6, 6.07) is 1.52. The minimum atomic E-state index is -4.74. The van der Waals surface area contributed by atoms with Gasteiger partial charge in [0.15, 0.2) is 0 Å². The van der Waals surface area contributed by atoms with Crippen LogP contribution in [0.1, 0.15) is 10.4 Å². The van der Waals surface area contributed by atoms with Gasteiger partial charge in [0.05, 0.1) is 0 Å². The molecule has 0 radical (unpaired) electrons. The van der Waals surface area contributed by atoms with Crippen LogP contribution in [0.25, 0.3) is 0 Å². The van der Waals surface area contributed by atoms with Crippen LogP contribution in [-0.2, 0) is 5.60 Å². The van der Waals surface area contributed by atoms with E-state index in [0.717, 1.165) is 11.3 Å². The highest BCUT2D eigenvalue weighted by molar-refractivity contribution is 7.10. The molecular formula is C8H10F3NOS. The molecule has 1 unspecified atom stereocenters. The zero-order valence-electron chi connectivity index (χ0n) is 7.43. The maximum atomic E-state index is 12.5. The molecule has 3 N–H and O–H groups in total. The predicted molar refractivity (Wildman–Crippen MR) is 48.1 cm³/mol. The fraction of sp³-hybridized carbons (Fsp3) is 0.500. The van der Waals surface area contributed by atoms with Gasteiger partial charge in [0, 0.05) is 11.4 Å². The number of aryl methyl sites for hydroxylation is 1. The fourth-order valence-corrected chi connectivity index (χ4v) is 2.19. The summed E-state index contributed by atoms with van der Waals surface area (Å²) in [5.41, 5.74) is 2.48. The topological polar surface area (TPSA) is 46.2 Å². The molecule has 2 nitrogen and oxygen atoms in total. The van der Waals surface area contributed by atoms with Crippen LogP contribution in [-0.4, -0.2) is 17.8 Å². The molecule has 1 heterocycles. The summed E-state index contributed by atoms with van der Waals surface area (Å²) in [6.07, 6.45) is -4.74. The van der Waals surface area contributed by atoms with Crippen LogP contribution in [0.2, 0.25) is 0 Å². The summed E-state index contributed by atoms with van der Waals surface area (Å²) in [4.78, 5) is -0.132. The Bertz CT molecular complexity index is 323. The van der Waals surface area contributed by atoms with Crippen molar-refractivity contribution < 1.29 is 18.3 Å². The Morgan fingerprint density at radius 2 is 2.07 bits per heavy atom. The van der Waals surface area contributed by atoms with Crippen LogP contribution in [0, 0.1) is 6.92 Å². The third kappa shape index (κ3) is 1.65. The quantitative estimate of drug-likeness (QED) is 0.805. The lowest BCUT2D eigenvalue weighted by atomic mass is 9.99. The largest absolute Gasteiger partial charge is 0.423 e. The molecule has 1 aromatic rings. The lowest BCUT2D eigenvalue weighted by Gasteiger charge is -2.28. The van der Waals surface area contributed by atoms with E-state index in [2.05, 4.69) is 0 Å². The molecule has 0 bridgehead atoms. The Labute approximate surface area is 83.2 Å². The van der Waals surface area contributed by atoms with Crippen molar-refractivity contribution in [3.63, 3.8) is 0 Å². The minimum absolute atomic E-state index is 0.132. The van der Waals surface area contributed by atoms with Gasteiger partial charge in [-0.25, -0.2) is 0 Å². The Morgan fingerprint density at radius 1 is 1.50 bits per heavy atom. The molecule has 0 aliphatic rings. The van der Waals surface area contributed by atoms with E-state index >= 15 is 0 Å². The Balaban J connectivity index is 3.22. The van der Waals surface area contributed by atoms with Gasteiger partial charge in [-0.15, -0.1) is 11.3 Å². The van der Waals surface area contributed by atoms with E-state index in [4.69, 9.17) is 5.73 Å². The molecule has 0 spiro atoms. The highest BCUT2D eigenvalue weighted by Gasteiger charge is 2.55. The highest BCUT2D eigenvalue weighted by atomic mass is 32.1. The van der Waals surface area contributed by atoms with E-state index in [9.17, 15) is 18.3 Å². The second-order valence-corrected chi connectivity index (χ2v) is 3.91. The number of rotatable bonds is 2. The van der Waals surface area contributed by atoms with Gasteiger partial charge in [0.2, 0.25) is 5.60 Å². The molecule has 0 amide bonds. The maximum absolute atomic E-state index is 12.5. The fourth-order valence-electron chi connectivity index (χ4n) is 1.13. The lowest BCUT2D eigenvalue weighted by molar-refractivity contribution is -0.260. The first-order chi connectivity index (χ1) is 6.33. The van der Waals surface area contributed by atoms with E-state index < -0.39 is 18.3 Å². The number of aliphatic hydroxyl groups is 1. The zero-order valence-corrected chi connectivity index (χ0v) is 8.25. The van der Waals surface area contributed by atoms with Gasteiger partial charge in [-0.1, -0.05) is 0 Å². The van der Waals surface area contributed by atoms with E-state index in [1.807, 2.05) is 0 Å². The summed E-state index contributed by atoms with van der Waals surface area (Å²) in [7, 11) is 0. The molecule has 0 saturated heterocycles. The average Bonchev–Trinajstić information content (AvgIpc) is 2.48. The number of halogens is 3. The Kier molecular flexibility index (Phi) is 2.89. The molecule has 0 aliphatic heterocycles. The number of hydrogen-bond acceptors (Lipinski definition) is 3. The van der Waals surface area contributed by atoms with Gasteiger partial charge < -0.3 is 10.8 Å². The summed E-state index contributed by atoms with van der Waals surface area (Å²) in [5.74, 6) is 0. The van der Waals surface area contributed by atoms with Crippen molar-refractivity contribution in [2.45, 2.75) is 18.7 Å². The average molecular weight is 225 g/mol. The van der Waals surface area contributed by atoms with Crippen LogP contribution in [0.15, 0.2) is 11.4 Å². The number of alkyl halides is 3. The molecular weight excluding hydrogens is 215 g/mol. The summed E-state index contributed by atoms with van der Waals surface area (Å²) >= 11 is 0.858. The SMILES string of the molecule is Cc1ccsc1C(O)(CN)C(F)(F)F. The van der Waals surface area contributed by atoms with Gasteiger partial charge in [0.25, 0.3) is 0 Å². The van der Waals surface area contributed by atoms with Gasteiger partial charge in [0.1, 0.15) is 0 Å². The molecule has 1 atom stereocenters. The first kappa shape index (κ1) is 11.5. The van der Waals surface area contributed by atoms with E-state index in [-0.39, 0.29) is 4.88 Å². The van der Waals surface area contributed by atoms with Crippen LogP contribution < -0.4 is 5.73 Å². The predicted octanol–water partition coefficient (Wildman–Crippen LogP) is 1.77. The van der Waals surface area contributed by atoms with Gasteiger partial charge in [-0.2, -0.15) is 13.2 Å². The molecule has 6 heteroatoms. The van der Waals surface area contributed by atoms with Crippen molar-refractivity contribution in [3.05, 3.63) is 21.9 Å². The standard InChI is InChI=1S/C8H10F3NOS/c1-5-2-3-14-6(5)7(13,4-12)8(9,10)11/h2-3,13H,4,12H2,1H3. The van der Waals surface area contributed by atoms with Gasteiger partial charge >= 0.3 is 6.18 Å². The lowest BCUT2D eigenvalue weighted by Crippen LogP contribution is -2.48. The monoisotopic (exact) mass is 225 g/mol. The molecule has 1 aromatic heterocycles. The van der Waals surface area contributed by atoms with Crippen molar-refractivity contribution in [2.75, 3.05) is 6.54 Å². The van der Waals surface area contributed by atoms with Gasteiger partial charge in [-0.05, 0) is 23.9 Å². The summed E-state index contributed by atoms with van der Waals surface area (Å²) < 4.78 is 37.6. The van der Waals surface area contributed by atoms with Crippen LogP contribution in [0.4, 0.5) is 13.2 Å². The van der Waals surface area contributed by atoms with Crippen molar-refractivity contribution in [1.82, 2.24) is 0 Å². The minimum Gasteiger partial charge on any atom is -0.375 e. The smallest absolute Gasteiger partial charge is 0.375 e. The normalized spacial score (nSPS) is 16.7. The maximum Gasteiger partial charge on any atom is 0.423 e. The van der Waals surface area contributed by atoms with Gasteiger partial charge in [-0.3, -0.25) is 0 Å². The highest BCUT2D eigenvalue weighted by Crippen LogP contribution is 2.41. The Morgan fingerprint density at radius 3 is 2.36 bits per heavy atom. The zero-order chi connectivity index (χ0) is 11.0. The number of hydrogen-bond donors (Lipinski definition) is 2. The summed E-state index contributed by atoms with van der Waals surface area (Å²) in [6.45, 7) is 0.649. The third-order valence-corrected chi connectivity index (χ3v) is 3.17. The Hall–Kier alpha value is -0.590. The van der Waals surface area contributed by atoms with Crippen molar-refractivity contribution in [3.8, 4) is 0 Å². The number of thiophene rings is 1. The first-order valence-corrected chi connectivity index (χ1v) is 4.74. The van der Waals surface area contributed by atoms with Crippen LogP contribution in [0.5, 0.6) is 0 Å². The van der Waals surface area contributed by atoms with Crippen LogP contribution >= 0.6 is 11.3 Å². The molecule has 0 saturated carbocycles. The molecule has 0 fully saturated rings. The van der Waals surface area contributed by atoms with Crippen LogP contribution in [0.3, 0.4) is 0 Å². The third-order valence-electron chi connectivity index (χ3n) is 2.00. The molecule has 0 aromatic carbocycles. The molecule has 1 rings (SSSR count).